The van der Waals surface area contributed by atoms with Gasteiger partial charge in [0.1, 0.15) is 0 Å². The Hall–Kier alpha value is -0.730. The number of halogens is 1. The minimum Gasteiger partial charge on any atom is -0.369 e. The highest BCUT2D eigenvalue weighted by Crippen LogP contribution is 2.32. The molecule has 0 fully saturated rings. The van der Waals surface area contributed by atoms with Crippen LogP contribution in [0.5, 0.6) is 0 Å². The monoisotopic (exact) mass is 268 g/mol. The van der Waals surface area contributed by atoms with Crippen LogP contribution in [0, 0.1) is 0 Å². The number of nitrogens with zero attached hydrogens (tertiary/aromatic N) is 1. The summed E-state index contributed by atoms with van der Waals surface area (Å²) in [6.07, 6.45) is 1.09. The lowest BCUT2D eigenvalue weighted by molar-refractivity contribution is 0.469. The fraction of sp³-hybridized carbons (Fsp3) is 0.600. The van der Waals surface area contributed by atoms with Crippen LogP contribution in [0.4, 0.5) is 5.69 Å². The third-order valence-corrected chi connectivity index (χ3v) is 4.13. The first-order chi connectivity index (χ1) is 8.44. The van der Waals surface area contributed by atoms with E-state index in [-0.39, 0.29) is 5.54 Å². The van der Waals surface area contributed by atoms with Gasteiger partial charge in [0.25, 0.3) is 0 Å². The number of hydrogen-bond donors (Lipinski definition) is 1. The lowest BCUT2D eigenvalue weighted by Gasteiger charge is -2.38. The normalized spacial score (nSPS) is 11.7. The van der Waals surface area contributed by atoms with Crippen molar-refractivity contribution in [1.82, 2.24) is 5.32 Å². The van der Waals surface area contributed by atoms with Crippen molar-refractivity contribution in [2.24, 2.45) is 0 Å². The van der Waals surface area contributed by atoms with E-state index in [0.29, 0.717) is 0 Å². The number of rotatable bonds is 6. The Morgan fingerprint density at radius 1 is 1.28 bits per heavy atom. The van der Waals surface area contributed by atoms with Crippen molar-refractivity contribution in [1.29, 1.82) is 0 Å². The van der Waals surface area contributed by atoms with Gasteiger partial charge in [0.05, 0.1) is 0 Å². The fourth-order valence-corrected chi connectivity index (χ4v) is 2.09. The van der Waals surface area contributed by atoms with Gasteiger partial charge in [-0.2, -0.15) is 0 Å². The van der Waals surface area contributed by atoms with Gasteiger partial charge in [0, 0.05) is 35.4 Å². The van der Waals surface area contributed by atoms with Crippen molar-refractivity contribution in [3.63, 3.8) is 0 Å². The summed E-state index contributed by atoms with van der Waals surface area (Å²) < 4.78 is 0. The second-order valence-electron chi connectivity index (χ2n) is 5.24. The van der Waals surface area contributed by atoms with E-state index < -0.39 is 0 Å². The highest BCUT2D eigenvalue weighted by molar-refractivity contribution is 6.31. The summed E-state index contributed by atoms with van der Waals surface area (Å²) in [5.41, 5.74) is 2.53. The van der Waals surface area contributed by atoms with Crippen molar-refractivity contribution in [3.8, 4) is 0 Å². The van der Waals surface area contributed by atoms with Crippen LogP contribution in [-0.2, 0) is 6.54 Å². The number of nitrogens with one attached hydrogen (secondary N) is 1. The van der Waals surface area contributed by atoms with Gasteiger partial charge in [-0.25, -0.2) is 0 Å². The molecule has 0 heterocycles. The van der Waals surface area contributed by atoms with Crippen molar-refractivity contribution in [3.05, 3.63) is 28.8 Å². The van der Waals surface area contributed by atoms with E-state index in [2.05, 4.69) is 51.0 Å². The molecule has 0 spiro atoms. The summed E-state index contributed by atoms with van der Waals surface area (Å²) in [6.45, 7) is 10.6. The summed E-state index contributed by atoms with van der Waals surface area (Å²) in [4.78, 5) is 2.32. The maximum absolute atomic E-state index is 6.34. The molecule has 0 unspecified atom stereocenters. The van der Waals surface area contributed by atoms with Crippen LogP contribution in [0.3, 0.4) is 0 Å². The Morgan fingerprint density at radius 3 is 2.50 bits per heavy atom. The van der Waals surface area contributed by atoms with E-state index in [1.807, 2.05) is 12.1 Å². The molecule has 102 valence electrons. The van der Waals surface area contributed by atoms with Crippen LogP contribution < -0.4 is 10.2 Å². The Kier molecular flexibility index (Phi) is 5.48. The summed E-state index contributed by atoms with van der Waals surface area (Å²) in [5, 5.41) is 4.20. The number of anilines is 1. The second-order valence-corrected chi connectivity index (χ2v) is 5.65. The molecule has 0 aliphatic carbocycles. The molecule has 1 aromatic rings. The average molecular weight is 269 g/mol. The lowest BCUT2D eigenvalue weighted by Crippen LogP contribution is -2.41. The molecule has 3 heteroatoms. The first-order valence-electron chi connectivity index (χ1n) is 6.66. The predicted octanol–water partition coefficient (Wildman–Crippen LogP) is 4.07. The third-order valence-electron chi connectivity index (χ3n) is 3.78. The van der Waals surface area contributed by atoms with Gasteiger partial charge < -0.3 is 10.2 Å². The molecular formula is C15H25ClN2. The Bertz CT molecular complexity index is 388. The molecule has 0 aliphatic rings. The van der Waals surface area contributed by atoms with Gasteiger partial charge in [0.15, 0.2) is 0 Å². The van der Waals surface area contributed by atoms with Gasteiger partial charge in [-0.15, -0.1) is 0 Å². The summed E-state index contributed by atoms with van der Waals surface area (Å²) in [7, 11) is 2.14. The van der Waals surface area contributed by atoms with Crippen LogP contribution in [0.1, 0.15) is 39.7 Å². The van der Waals surface area contributed by atoms with Gasteiger partial charge >= 0.3 is 0 Å². The zero-order chi connectivity index (χ0) is 13.8. The van der Waals surface area contributed by atoms with E-state index >= 15 is 0 Å². The average Bonchev–Trinajstić information content (AvgIpc) is 2.36. The molecule has 0 aliphatic heterocycles. The first kappa shape index (κ1) is 15.3. The lowest BCUT2D eigenvalue weighted by atomic mass is 9.98. The van der Waals surface area contributed by atoms with E-state index in [1.165, 1.54) is 11.3 Å². The minimum absolute atomic E-state index is 0.131. The van der Waals surface area contributed by atoms with Crippen molar-refractivity contribution >= 4 is 17.3 Å². The molecule has 18 heavy (non-hydrogen) atoms. The number of benzene rings is 1. The van der Waals surface area contributed by atoms with E-state index in [1.54, 1.807) is 0 Å². The molecule has 1 rings (SSSR count). The zero-order valence-electron chi connectivity index (χ0n) is 12.2. The molecular weight excluding hydrogens is 244 g/mol. The molecule has 0 amide bonds. The van der Waals surface area contributed by atoms with Crippen LogP contribution in [0.25, 0.3) is 0 Å². The fourth-order valence-electron chi connectivity index (χ4n) is 1.85. The van der Waals surface area contributed by atoms with Crippen LogP contribution in [0.2, 0.25) is 5.02 Å². The molecule has 0 atom stereocenters. The number of hydrogen-bond acceptors (Lipinski definition) is 2. The molecule has 0 aromatic heterocycles. The van der Waals surface area contributed by atoms with Gasteiger partial charge in [0.2, 0.25) is 0 Å². The van der Waals surface area contributed by atoms with Crippen LogP contribution in [-0.4, -0.2) is 19.1 Å². The Labute approximate surface area is 116 Å². The van der Waals surface area contributed by atoms with E-state index in [4.69, 9.17) is 11.6 Å². The minimum atomic E-state index is 0.131. The second kappa shape index (κ2) is 6.44. The van der Waals surface area contributed by atoms with Crippen LogP contribution in [0.15, 0.2) is 18.2 Å². The quantitative estimate of drug-likeness (QED) is 0.837. The maximum Gasteiger partial charge on any atom is 0.0471 e. The smallest absolute Gasteiger partial charge is 0.0471 e. The van der Waals surface area contributed by atoms with Gasteiger partial charge in [-0.05, 0) is 38.9 Å². The molecule has 1 N–H and O–H groups in total. The highest BCUT2D eigenvalue weighted by atomic mass is 35.5. The molecule has 1 aromatic carbocycles. The standard InChI is InChI=1S/C15H25ClN2/c1-6-15(3,4)18(5)14-10-8-9-13(16)12(14)11-17-7-2/h8-10,17H,6-7,11H2,1-5H3. The molecule has 2 nitrogen and oxygen atoms in total. The van der Waals surface area contributed by atoms with Crippen LogP contribution >= 0.6 is 11.6 Å². The van der Waals surface area contributed by atoms with Crippen molar-refractivity contribution in [2.75, 3.05) is 18.5 Å². The summed E-state index contributed by atoms with van der Waals surface area (Å²) >= 11 is 6.34. The van der Waals surface area contributed by atoms with Crippen molar-refractivity contribution in [2.45, 2.75) is 46.2 Å². The predicted molar refractivity (Wildman–Crippen MR) is 81.6 cm³/mol. The Balaban J connectivity index is 3.11. The maximum atomic E-state index is 6.34. The Morgan fingerprint density at radius 2 is 1.94 bits per heavy atom. The SMILES string of the molecule is CCNCc1c(Cl)cccc1N(C)C(C)(C)CC. The third kappa shape index (κ3) is 3.39. The summed E-state index contributed by atoms with van der Waals surface area (Å²) in [5.74, 6) is 0. The molecule has 0 bridgehead atoms. The molecule has 0 saturated heterocycles. The van der Waals surface area contributed by atoms with Gasteiger partial charge in [-0.3, -0.25) is 0 Å². The molecule has 0 radical (unpaired) electrons. The summed E-state index contributed by atoms with van der Waals surface area (Å²) in [6, 6.07) is 6.13. The largest absolute Gasteiger partial charge is 0.369 e. The first-order valence-corrected chi connectivity index (χ1v) is 7.03. The van der Waals surface area contributed by atoms with Crippen molar-refractivity contribution < 1.29 is 0 Å². The highest BCUT2D eigenvalue weighted by Gasteiger charge is 2.23. The molecule has 0 saturated carbocycles. The van der Waals surface area contributed by atoms with E-state index in [0.717, 1.165) is 24.5 Å². The van der Waals surface area contributed by atoms with Gasteiger partial charge in [-0.1, -0.05) is 31.5 Å². The topological polar surface area (TPSA) is 15.3 Å². The zero-order valence-corrected chi connectivity index (χ0v) is 12.9. The van der Waals surface area contributed by atoms with E-state index in [9.17, 15) is 0 Å².